The van der Waals surface area contributed by atoms with Gasteiger partial charge in [-0.05, 0) is 55.8 Å². The maximum Gasteiger partial charge on any atom is 0.290 e. The predicted molar refractivity (Wildman–Crippen MR) is 104 cm³/mol. The second kappa shape index (κ2) is 8.21. The predicted octanol–water partition coefficient (Wildman–Crippen LogP) is 3.48. The minimum atomic E-state index is -0.787. The molecule has 6 nitrogen and oxygen atoms in total. The van der Waals surface area contributed by atoms with E-state index in [1.807, 2.05) is 0 Å². The first kappa shape index (κ1) is 19.4. The van der Waals surface area contributed by atoms with E-state index in [2.05, 4.69) is 4.90 Å². The number of aliphatic hydroxyl groups excluding tert-OH is 1. The third-order valence-electron chi connectivity index (χ3n) is 5.58. The van der Waals surface area contributed by atoms with E-state index in [1.54, 1.807) is 6.07 Å². The van der Waals surface area contributed by atoms with Crippen molar-refractivity contribution in [3.63, 3.8) is 0 Å². The number of halogens is 1. The maximum atomic E-state index is 13.5. The molecule has 0 aliphatic carbocycles. The van der Waals surface area contributed by atoms with Gasteiger partial charge in [-0.1, -0.05) is 18.6 Å². The van der Waals surface area contributed by atoms with Gasteiger partial charge in [-0.2, -0.15) is 0 Å². The topological polar surface area (TPSA) is 74.0 Å². The Hall–Kier alpha value is -2.93. The molecule has 1 unspecified atom stereocenters. The lowest BCUT2D eigenvalue weighted by Gasteiger charge is -2.31. The van der Waals surface area contributed by atoms with E-state index in [-0.39, 0.29) is 11.3 Å². The number of likely N-dealkylation sites (tertiary alicyclic amines) is 1. The van der Waals surface area contributed by atoms with Crippen LogP contribution in [-0.4, -0.2) is 52.8 Å². The van der Waals surface area contributed by atoms with Crippen molar-refractivity contribution in [2.45, 2.75) is 25.3 Å². The molecule has 1 aromatic carbocycles. The minimum Gasteiger partial charge on any atom is -0.503 e. The van der Waals surface area contributed by atoms with E-state index in [0.29, 0.717) is 18.7 Å². The summed E-state index contributed by atoms with van der Waals surface area (Å²) in [5.74, 6) is -2.07. The van der Waals surface area contributed by atoms with Gasteiger partial charge in [-0.15, -0.1) is 0 Å². The third kappa shape index (κ3) is 3.82. The molecule has 0 radical (unpaired) electrons. The zero-order chi connectivity index (χ0) is 20.4. The first-order valence-corrected chi connectivity index (χ1v) is 9.86. The summed E-state index contributed by atoms with van der Waals surface area (Å²) < 4.78 is 18.7. The number of piperidine rings is 1. The summed E-state index contributed by atoms with van der Waals surface area (Å²) in [6.45, 7) is 2.96. The molecule has 1 atom stereocenters. The SMILES string of the molecule is O=C(C1=C(O)C(=O)N(CCN2CCCCC2)C1c1ccc(F)cc1)c1ccco1. The number of ketones is 1. The first-order chi connectivity index (χ1) is 14.1. The molecule has 1 aromatic heterocycles. The molecule has 0 bridgehead atoms. The molecule has 1 N–H and O–H groups in total. The quantitative estimate of drug-likeness (QED) is 0.754. The summed E-state index contributed by atoms with van der Waals surface area (Å²) in [5.41, 5.74) is 0.535. The molecule has 2 aliphatic rings. The monoisotopic (exact) mass is 398 g/mol. The number of amides is 1. The lowest BCUT2D eigenvalue weighted by atomic mass is 9.95. The average molecular weight is 398 g/mol. The molecule has 4 rings (SSSR count). The van der Waals surface area contributed by atoms with Crippen LogP contribution in [0.2, 0.25) is 0 Å². The summed E-state index contributed by atoms with van der Waals surface area (Å²) in [6.07, 6.45) is 4.83. The summed E-state index contributed by atoms with van der Waals surface area (Å²) in [7, 11) is 0. The van der Waals surface area contributed by atoms with Crippen LogP contribution in [0.1, 0.15) is 41.4 Å². The van der Waals surface area contributed by atoms with Crippen LogP contribution in [0, 0.1) is 5.82 Å². The highest BCUT2D eigenvalue weighted by Crippen LogP contribution is 2.39. The van der Waals surface area contributed by atoms with Crippen LogP contribution in [0.15, 0.2) is 58.4 Å². The normalized spacial score (nSPS) is 20.5. The first-order valence-electron chi connectivity index (χ1n) is 9.86. The van der Waals surface area contributed by atoms with Gasteiger partial charge in [0.15, 0.2) is 11.5 Å². The fraction of sp³-hybridized carbons (Fsp3) is 0.364. The van der Waals surface area contributed by atoms with Crippen molar-refractivity contribution in [1.29, 1.82) is 0 Å². The molecule has 1 amide bonds. The van der Waals surface area contributed by atoms with Crippen molar-refractivity contribution >= 4 is 11.7 Å². The Labute approximate surface area is 168 Å². The molecule has 3 heterocycles. The fourth-order valence-corrected chi connectivity index (χ4v) is 4.08. The van der Waals surface area contributed by atoms with Gasteiger partial charge < -0.3 is 19.3 Å². The Morgan fingerprint density at radius 2 is 1.83 bits per heavy atom. The molecular formula is C22H23FN2O4. The number of Topliss-reactive ketones (excluding diaryl/α,β-unsaturated/α-hetero) is 1. The number of carbonyl (C=O) groups excluding carboxylic acids is 2. The lowest BCUT2D eigenvalue weighted by molar-refractivity contribution is -0.129. The molecule has 1 saturated heterocycles. The van der Waals surface area contributed by atoms with Crippen LogP contribution in [0.4, 0.5) is 4.39 Å². The Kier molecular flexibility index (Phi) is 5.49. The van der Waals surface area contributed by atoms with E-state index < -0.39 is 29.3 Å². The Morgan fingerprint density at radius 1 is 1.10 bits per heavy atom. The second-order valence-electron chi connectivity index (χ2n) is 7.42. The van der Waals surface area contributed by atoms with Crippen LogP contribution in [0.5, 0.6) is 0 Å². The molecule has 0 spiro atoms. The van der Waals surface area contributed by atoms with E-state index in [1.165, 1.54) is 47.9 Å². The molecule has 2 aromatic rings. The summed E-state index contributed by atoms with van der Waals surface area (Å²) >= 11 is 0. The van der Waals surface area contributed by atoms with E-state index in [4.69, 9.17) is 4.42 Å². The number of hydrogen-bond donors (Lipinski definition) is 1. The van der Waals surface area contributed by atoms with Crippen molar-refractivity contribution in [2.24, 2.45) is 0 Å². The molecule has 0 saturated carbocycles. The van der Waals surface area contributed by atoms with Crippen molar-refractivity contribution in [1.82, 2.24) is 9.80 Å². The summed E-state index contributed by atoms with van der Waals surface area (Å²) in [6, 6.07) is 7.92. The van der Waals surface area contributed by atoms with E-state index in [9.17, 15) is 19.1 Å². The maximum absolute atomic E-state index is 13.5. The van der Waals surface area contributed by atoms with Gasteiger partial charge in [0.25, 0.3) is 5.91 Å². The number of carbonyl (C=O) groups is 2. The number of furan rings is 1. The lowest BCUT2D eigenvalue weighted by Crippen LogP contribution is -2.40. The van der Waals surface area contributed by atoms with Crippen LogP contribution < -0.4 is 0 Å². The Bertz CT molecular complexity index is 915. The molecule has 1 fully saturated rings. The number of aliphatic hydroxyl groups is 1. The highest BCUT2D eigenvalue weighted by atomic mass is 19.1. The smallest absolute Gasteiger partial charge is 0.290 e. The number of hydrogen-bond acceptors (Lipinski definition) is 5. The summed E-state index contributed by atoms with van der Waals surface area (Å²) in [4.78, 5) is 29.6. The molecule has 29 heavy (non-hydrogen) atoms. The molecule has 7 heteroatoms. The van der Waals surface area contributed by atoms with E-state index in [0.717, 1.165) is 25.9 Å². The van der Waals surface area contributed by atoms with Gasteiger partial charge in [0, 0.05) is 13.1 Å². The van der Waals surface area contributed by atoms with Gasteiger partial charge in [0.1, 0.15) is 5.82 Å². The number of rotatable bonds is 6. The van der Waals surface area contributed by atoms with Crippen molar-refractivity contribution in [3.8, 4) is 0 Å². The second-order valence-corrected chi connectivity index (χ2v) is 7.42. The Morgan fingerprint density at radius 3 is 2.48 bits per heavy atom. The van der Waals surface area contributed by atoms with Crippen molar-refractivity contribution in [3.05, 3.63) is 71.1 Å². The molecule has 152 valence electrons. The summed E-state index contributed by atoms with van der Waals surface area (Å²) in [5, 5.41) is 10.6. The highest BCUT2D eigenvalue weighted by molar-refractivity contribution is 6.15. The van der Waals surface area contributed by atoms with Crippen LogP contribution in [-0.2, 0) is 4.79 Å². The van der Waals surface area contributed by atoms with E-state index >= 15 is 0 Å². The van der Waals surface area contributed by atoms with Crippen LogP contribution in [0.3, 0.4) is 0 Å². The fourth-order valence-electron chi connectivity index (χ4n) is 4.08. The largest absolute Gasteiger partial charge is 0.503 e. The zero-order valence-corrected chi connectivity index (χ0v) is 16.0. The van der Waals surface area contributed by atoms with Gasteiger partial charge in [0.05, 0.1) is 17.9 Å². The van der Waals surface area contributed by atoms with Gasteiger partial charge in [0.2, 0.25) is 5.78 Å². The van der Waals surface area contributed by atoms with Crippen molar-refractivity contribution < 1.29 is 23.5 Å². The van der Waals surface area contributed by atoms with Gasteiger partial charge >= 0.3 is 0 Å². The average Bonchev–Trinajstić information content (AvgIpc) is 3.36. The highest BCUT2D eigenvalue weighted by Gasteiger charge is 2.44. The van der Waals surface area contributed by atoms with Gasteiger partial charge in [-0.3, -0.25) is 9.59 Å². The van der Waals surface area contributed by atoms with Crippen LogP contribution >= 0.6 is 0 Å². The molecule has 2 aliphatic heterocycles. The van der Waals surface area contributed by atoms with Gasteiger partial charge in [-0.25, -0.2) is 4.39 Å². The minimum absolute atomic E-state index is 0.0322. The standard InChI is InChI=1S/C22H23FN2O4/c23-16-8-6-15(7-9-16)19-18(20(26)17-5-4-14-29-17)21(27)22(28)25(19)13-12-24-10-2-1-3-11-24/h4-9,14,19,27H,1-3,10-13H2. The van der Waals surface area contributed by atoms with Crippen LogP contribution in [0.25, 0.3) is 0 Å². The Balaban J connectivity index is 1.66. The number of benzene rings is 1. The number of nitrogens with zero attached hydrogens (tertiary/aromatic N) is 2. The zero-order valence-electron chi connectivity index (χ0n) is 16.0. The van der Waals surface area contributed by atoms with Crippen molar-refractivity contribution in [2.75, 3.05) is 26.2 Å². The third-order valence-corrected chi connectivity index (χ3v) is 5.58. The molecular weight excluding hydrogens is 375 g/mol.